The second-order valence-electron chi connectivity index (χ2n) is 5.04. The van der Waals surface area contributed by atoms with Crippen LogP contribution in [0.2, 0.25) is 5.02 Å². The first-order valence-corrected chi connectivity index (χ1v) is 8.32. The van der Waals surface area contributed by atoms with Gasteiger partial charge in [-0.25, -0.2) is 5.43 Å². The van der Waals surface area contributed by atoms with E-state index in [4.69, 9.17) is 11.6 Å². The Morgan fingerprint density at radius 1 is 1.26 bits per heavy atom. The highest BCUT2D eigenvalue weighted by atomic mass is 35.5. The van der Waals surface area contributed by atoms with Crippen molar-refractivity contribution in [2.75, 3.05) is 5.75 Å². The van der Waals surface area contributed by atoms with Crippen molar-refractivity contribution < 1.29 is 9.90 Å². The highest BCUT2D eigenvalue weighted by Crippen LogP contribution is 2.22. The molecule has 0 heterocycles. The molecule has 120 valence electrons. The van der Waals surface area contributed by atoms with Gasteiger partial charge in [0.05, 0.1) is 12.0 Å². The number of carbonyl (C=O) groups is 1. The van der Waals surface area contributed by atoms with Crippen LogP contribution >= 0.6 is 23.4 Å². The Labute approximate surface area is 144 Å². The van der Waals surface area contributed by atoms with Gasteiger partial charge in [-0.1, -0.05) is 11.6 Å². The number of phenolic OH excluding ortho intramolecular Hbond substituents is 1. The Balaban J connectivity index is 1.85. The normalized spacial score (nSPS) is 10.9. The molecule has 1 amide bonds. The molecule has 4 nitrogen and oxygen atoms in total. The molecule has 0 aliphatic rings. The van der Waals surface area contributed by atoms with Gasteiger partial charge in [0.2, 0.25) is 5.91 Å². The molecule has 2 aromatic carbocycles. The third-order valence-electron chi connectivity index (χ3n) is 3.10. The van der Waals surface area contributed by atoms with Crippen LogP contribution < -0.4 is 5.43 Å². The molecule has 0 unspecified atom stereocenters. The Kier molecular flexibility index (Phi) is 6.07. The van der Waals surface area contributed by atoms with E-state index >= 15 is 0 Å². The van der Waals surface area contributed by atoms with E-state index in [9.17, 15) is 9.90 Å². The molecule has 2 aromatic rings. The summed E-state index contributed by atoms with van der Waals surface area (Å²) in [5, 5.41) is 14.3. The van der Waals surface area contributed by atoms with Gasteiger partial charge in [-0.15, -0.1) is 11.8 Å². The number of phenols is 1. The molecule has 0 bridgehead atoms. The number of hydrazone groups is 1. The predicted molar refractivity (Wildman–Crippen MR) is 95.5 cm³/mol. The molecule has 0 aliphatic carbocycles. The van der Waals surface area contributed by atoms with Crippen LogP contribution in [0.3, 0.4) is 0 Å². The number of carbonyl (C=O) groups excluding carboxylic acids is 1. The highest BCUT2D eigenvalue weighted by molar-refractivity contribution is 8.00. The summed E-state index contributed by atoms with van der Waals surface area (Å²) in [6.07, 6.45) is 1.56. The van der Waals surface area contributed by atoms with Crippen LogP contribution in [0.25, 0.3) is 0 Å². The number of nitrogens with one attached hydrogen (secondary N) is 1. The Hall–Kier alpha value is -1.98. The summed E-state index contributed by atoms with van der Waals surface area (Å²) in [5.41, 5.74) is 4.86. The second-order valence-corrected chi connectivity index (χ2v) is 6.52. The van der Waals surface area contributed by atoms with E-state index in [1.807, 2.05) is 26.0 Å². The first-order chi connectivity index (χ1) is 11.0. The smallest absolute Gasteiger partial charge is 0.250 e. The molecule has 0 fully saturated rings. The molecule has 0 spiro atoms. The molecular weight excluding hydrogens is 332 g/mol. The van der Waals surface area contributed by atoms with Crippen LogP contribution in [0.15, 0.2) is 46.4 Å². The van der Waals surface area contributed by atoms with E-state index in [1.54, 1.807) is 30.5 Å². The average Bonchev–Trinajstić information content (AvgIpc) is 2.52. The number of rotatable bonds is 5. The van der Waals surface area contributed by atoms with Gasteiger partial charge in [-0.05, 0) is 66.9 Å². The number of hydrogen-bond acceptors (Lipinski definition) is 4. The van der Waals surface area contributed by atoms with Gasteiger partial charge in [0, 0.05) is 9.92 Å². The van der Waals surface area contributed by atoms with Crippen molar-refractivity contribution in [2.45, 2.75) is 18.7 Å². The van der Waals surface area contributed by atoms with E-state index in [2.05, 4.69) is 10.5 Å². The van der Waals surface area contributed by atoms with Crippen LogP contribution in [0.5, 0.6) is 5.75 Å². The SMILES string of the molecule is Cc1cc(/C=N/NC(=O)CSc2ccc(Cl)cc2)cc(C)c1O. The number of nitrogens with zero attached hydrogens (tertiary/aromatic N) is 1. The minimum atomic E-state index is -0.187. The molecule has 0 saturated heterocycles. The summed E-state index contributed by atoms with van der Waals surface area (Å²) in [5.74, 6) is 0.367. The van der Waals surface area contributed by atoms with Crippen molar-refractivity contribution in [3.63, 3.8) is 0 Å². The maximum atomic E-state index is 11.7. The monoisotopic (exact) mass is 348 g/mol. The third kappa shape index (κ3) is 5.30. The Morgan fingerprint density at radius 2 is 1.87 bits per heavy atom. The molecular formula is C17H17ClN2O2S. The van der Waals surface area contributed by atoms with E-state index < -0.39 is 0 Å². The lowest BCUT2D eigenvalue weighted by molar-refractivity contribution is -0.118. The maximum absolute atomic E-state index is 11.7. The minimum Gasteiger partial charge on any atom is -0.507 e. The molecule has 6 heteroatoms. The first-order valence-electron chi connectivity index (χ1n) is 6.96. The average molecular weight is 349 g/mol. The van der Waals surface area contributed by atoms with Crippen molar-refractivity contribution in [3.05, 3.63) is 58.1 Å². The van der Waals surface area contributed by atoms with Crippen LogP contribution in [-0.2, 0) is 4.79 Å². The molecule has 2 N–H and O–H groups in total. The van der Waals surface area contributed by atoms with Gasteiger partial charge >= 0.3 is 0 Å². The quantitative estimate of drug-likeness (QED) is 0.489. The predicted octanol–water partition coefficient (Wildman–Crippen LogP) is 3.90. The zero-order chi connectivity index (χ0) is 16.8. The number of hydrogen-bond donors (Lipinski definition) is 2. The largest absolute Gasteiger partial charge is 0.507 e. The first kappa shape index (κ1) is 17.4. The topological polar surface area (TPSA) is 61.7 Å². The highest BCUT2D eigenvalue weighted by Gasteiger charge is 2.03. The molecule has 2 rings (SSSR count). The van der Waals surface area contributed by atoms with Gasteiger partial charge in [0.25, 0.3) is 0 Å². The number of aromatic hydroxyl groups is 1. The van der Waals surface area contributed by atoms with Crippen LogP contribution in [0, 0.1) is 13.8 Å². The van der Waals surface area contributed by atoms with E-state index in [-0.39, 0.29) is 17.4 Å². The summed E-state index contributed by atoms with van der Waals surface area (Å²) in [6, 6.07) is 10.9. The molecule has 0 aromatic heterocycles. The van der Waals surface area contributed by atoms with Gasteiger partial charge in [0.15, 0.2) is 0 Å². The summed E-state index contributed by atoms with van der Waals surface area (Å²) >= 11 is 7.22. The Morgan fingerprint density at radius 3 is 2.48 bits per heavy atom. The zero-order valence-corrected chi connectivity index (χ0v) is 14.4. The zero-order valence-electron chi connectivity index (χ0n) is 12.8. The van der Waals surface area contributed by atoms with Gasteiger partial charge < -0.3 is 5.11 Å². The van der Waals surface area contributed by atoms with Gasteiger partial charge in [-0.3, -0.25) is 4.79 Å². The van der Waals surface area contributed by atoms with Crippen molar-refractivity contribution >= 4 is 35.5 Å². The summed E-state index contributed by atoms with van der Waals surface area (Å²) in [4.78, 5) is 12.7. The fourth-order valence-electron chi connectivity index (χ4n) is 1.95. The van der Waals surface area contributed by atoms with Crippen LogP contribution in [-0.4, -0.2) is 23.0 Å². The number of amides is 1. The molecule has 23 heavy (non-hydrogen) atoms. The summed E-state index contributed by atoms with van der Waals surface area (Å²) < 4.78 is 0. The number of halogens is 1. The minimum absolute atomic E-state index is 0.187. The fourth-order valence-corrected chi connectivity index (χ4v) is 2.77. The van der Waals surface area contributed by atoms with E-state index in [1.165, 1.54) is 11.8 Å². The van der Waals surface area contributed by atoms with E-state index in [0.29, 0.717) is 5.02 Å². The van der Waals surface area contributed by atoms with Crippen molar-refractivity contribution in [2.24, 2.45) is 5.10 Å². The lowest BCUT2D eigenvalue weighted by Gasteiger charge is -2.04. The molecule has 0 aliphatic heterocycles. The second kappa shape index (κ2) is 8.04. The summed E-state index contributed by atoms with van der Waals surface area (Å²) in [7, 11) is 0. The Bertz CT molecular complexity index is 707. The van der Waals surface area contributed by atoms with Crippen molar-refractivity contribution in [1.82, 2.24) is 5.43 Å². The maximum Gasteiger partial charge on any atom is 0.250 e. The molecule has 0 saturated carbocycles. The molecule has 0 atom stereocenters. The van der Waals surface area contributed by atoms with Crippen LogP contribution in [0.1, 0.15) is 16.7 Å². The summed E-state index contributed by atoms with van der Waals surface area (Å²) in [6.45, 7) is 3.64. The van der Waals surface area contributed by atoms with Crippen molar-refractivity contribution in [3.8, 4) is 5.75 Å². The lowest BCUT2D eigenvalue weighted by atomic mass is 10.1. The van der Waals surface area contributed by atoms with Gasteiger partial charge in [0.1, 0.15) is 5.75 Å². The number of thioether (sulfide) groups is 1. The van der Waals surface area contributed by atoms with Crippen LogP contribution in [0.4, 0.5) is 0 Å². The lowest BCUT2D eigenvalue weighted by Crippen LogP contribution is -2.19. The number of aryl methyl sites for hydroxylation is 2. The molecule has 0 radical (unpaired) electrons. The number of benzene rings is 2. The third-order valence-corrected chi connectivity index (χ3v) is 4.36. The fraction of sp³-hybridized carbons (Fsp3) is 0.176. The standard InChI is InChI=1S/C17H17ClN2O2S/c1-11-7-13(8-12(2)17(11)22)9-19-20-16(21)10-23-15-5-3-14(18)4-6-15/h3-9,22H,10H2,1-2H3,(H,20,21)/b19-9+. The van der Waals surface area contributed by atoms with Gasteiger partial charge in [-0.2, -0.15) is 5.10 Å². The van der Waals surface area contributed by atoms with Crippen molar-refractivity contribution in [1.29, 1.82) is 0 Å². The van der Waals surface area contributed by atoms with E-state index in [0.717, 1.165) is 21.6 Å².